The van der Waals surface area contributed by atoms with Crippen LogP contribution in [0, 0.1) is 0 Å². The molecule has 0 aliphatic heterocycles. The van der Waals surface area contributed by atoms with Gasteiger partial charge < -0.3 is 0 Å². The first-order chi connectivity index (χ1) is 1.41. The molecule has 18 valence electrons. The van der Waals surface area contributed by atoms with Crippen LogP contribution in [0.2, 0.25) is 0 Å². The normalized spacial score (nSPS) is 2.00. The average molecular weight is 166 g/mol. The van der Waals surface area contributed by atoms with E-state index < -0.39 is 19.1 Å². The standard InChI is InChI=1S/2O.Rb.Ti.H. The Morgan fingerprint density at radius 1 is 1.25 bits per heavy atom. The Morgan fingerprint density at radius 2 is 1.25 bits per heavy atom. The van der Waals surface area contributed by atoms with Crippen molar-refractivity contribution in [1.29, 1.82) is 0 Å². The summed E-state index contributed by atoms with van der Waals surface area (Å²) in [7, 11) is 0. The maximum absolute atomic E-state index is 8.50. The van der Waals surface area contributed by atoms with E-state index in [0.29, 0.717) is 0 Å². The number of rotatable bonds is 0. The summed E-state index contributed by atoms with van der Waals surface area (Å²) in [6.45, 7) is 0. The second-order valence-electron chi connectivity index (χ2n) is 0.0833. The van der Waals surface area contributed by atoms with Crippen molar-refractivity contribution in [3.63, 3.8) is 0 Å². The molecule has 0 spiro atoms. The molecule has 2 nitrogen and oxygen atoms in total. The molecular formula is HO2RbTi. The average Bonchev–Trinajstić information content (AvgIpc) is 0.918. The zero-order valence-electron chi connectivity index (χ0n) is 1.32. The van der Waals surface area contributed by atoms with Crippen LogP contribution in [0.4, 0.5) is 0 Å². The summed E-state index contributed by atoms with van der Waals surface area (Å²) in [5.74, 6) is 0. The summed E-state index contributed by atoms with van der Waals surface area (Å²) in [6, 6.07) is 0. The van der Waals surface area contributed by atoms with Crippen molar-refractivity contribution in [2.24, 2.45) is 0 Å². The molecule has 0 aromatic rings. The third kappa shape index (κ3) is 8.92. The van der Waals surface area contributed by atoms with Gasteiger partial charge in [-0.3, -0.25) is 0 Å². The molecule has 0 unspecified atom stereocenters. The summed E-state index contributed by atoms with van der Waals surface area (Å²) in [5, 5.41) is 0. The molecule has 4 heavy (non-hydrogen) atoms. The van der Waals surface area contributed by atoms with E-state index in [1.54, 1.807) is 0 Å². The van der Waals surface area contributed by atoms with Crippen LogP contribution in [0.5, 0.6) is 0 Å². The Bertz CT molecular complexity index is 27.0. The molecule has 0 aromatic carbocycles. The summed E-state index contributed by atoms with van der Waals surface area (Å²) in [6.07, 6.45) is 0. The van der Waals surface area contributed by atoms with Crippen molar-refractivity contribution in [3.05, 3.63) is 0 Å². The predicted octanol–water partition coefficient (Wildman–Crippen LogP) is -0.889. The Hall–Kier alpha value is 2.12. The van der Waals surface area contributed by atoms with Crippen molar-refractivity contribution in [2.45, 2.75) is 0 Å². The van der Waals surface area contributed by atoms with Crippen molar-refractivity contribution in [2.75, 3.05) is 0 Å². The molecular weight excluding hydrogens is 165 g/mol. The van der Waals surface area contributed by atoms with Crippen molar-refractivity contribution < 1.29 is 25.7 Å². The van der Waals surface area contributed by atoms with E-state index in [-0.39, 0.29) is 58.2 Å². The Kier molecular flexibility index (Phi) is 21.1. The molecule has 0 amide bonds. The van der Waals surface area contributed by atoms with Gasteiger partial charge in [-0.15, -0.1) is 0 Å². The van der Waals surface area contributed by atoms with Crippen molar-refractivity contribution >= 4 is 58.2 Å². The number of hydrogen-bond donors (Lipinski definition) is 0. The quantitative estimate of drug-likeness (QED) is 0.438. The molecule has 0 N–H and O–H groups in total. The van der Waals surface area contributed by atoms with Gasteiger partial charge in [0, 0.05) is 0 Å². The SMILES string of the molecule is [O]=[Ti]=[O].[RbH]. The first-order valence-corrected chi connectivity index (χ1v) is 1.68. The van der Waals surface area contributed by atoms with Crippen LogP contribution in [-0.4, -0.2) is 58.2 Å². The fourth-order valence-corrected chi connectivity index (χ4v) is 0. The minimum absolute atomic E-state index is 0. The zero-order chi connectivity index (χ0) is 2.71. The first kappa shape index (κ1) is 9.45. The van der Waals surface area contributed by atoms with Crippen LogP contribution in [0.15, 0.2) is 0 Å². The molecule has 0 aromatic heterocycles. The van der Waals surface area contributed by atoms with Gasteiger partial charge in [0.25, 0.3) is 0 Å². The Morgan fingerprint density at radius 3 is 1.25 bits per heavy atom. The summed E-state index contributed by atoms with van der Waals surface area (Å²) >= 11 is -2.00. The van der Waals surface area contributed by atoms with E-state index in [1.807, 2.05) is 0 Å². The fourth-order valence-electron chi connectivity index (χ4n) is 0. The van der Waals surface area contributed by atoms with Crippen LogP contribution < -0.4 is 0 Å². The molecule has 0 radical (unpaired) electrons. The molecule has 0 aliphatic carbocycles. The molecule has 0 bridgehead atoms. The van der Waals surface area contributed by atoms with Crippen LogP contribution in [0.25, 0.3) is 0 Å². The monoisotopic (exact) mass is 166 g/mol. The van der Waals surface area contributed by atoms with Crippen LogP contribution >= 0.6 is 0 Å². The molecule has 0 fully saturated rings. The van der Waals surface area contributed by atoms with E-state index in [0.717, 1.165) is 0 Å². The molecule has 0 aliphatic rings. The van der Waals surface area contributed by atoms with E-state index in [4.69, 9.17) is 6.65 Å². The van der Waals surface area contributed by atoms with Gasteiger partial charge in [0.15, 0.2) is 0 Å². The van der Waals surface area contributed by atoms with Gasteiger partial charge in [-0.25, -0.2) is 0 Å². The zero-order valence-corrected chi connectivity index (χ0v) is 2.88. The molecule has 0 saturated carbocycles. The van der Waals surface area contributed by atoms with Crippen LogP contribution in [0.3, 0.4) is 0 Å². The van der Waals surface area contributed by atoms with Gasteiger partial charge in [0.1, 0.15) is 0 Å². The van der Waals surface area contributed by atoms with E-state index in [1.165, 1.54) is 0 Å². The first-order valence-electron chi connectivity index (χ1n) is 0.408. The fraction of sp³-hybridized carbons (Fsp3) is 0. The third-order valence-electron chi connectivity index (χ3n) is 0. The van der Waals surface area contributed by atoms with Gasteiger partial charge in [-0.05, 0) is 0 Å². The molecule has 4 heteroatoms. The molecule has 0 atom stereocenters. The third-order valence-corrected chi connectivity index (χ3v) is 0. The minimum atomic E-state index is -2.00. The molecule has 0 heterocycles. The van der Waals surface area contributed by atoms with Crippen molar-refractivity contribution in [3.8, 4) is 0 Å². The van der Waals surface area contributed by atoms with Gasteiger partial charge in [-0.1, -0.05) is 0 Å². The van der Waals surface area contributed by atoms with E-state index >= 15 is 0 Å². The second-order valence-corrected chi connectivity index (χ2v) is 0.344. The van der Waals surface area contributed by atoms with Crippen LogP contribution in [-0.2, 0) is 25.7 Å². The molecule has 0 rings (SSSR count). The Labute approximate surface area is 81.7 Å². The molecule has 0 saturated heterocycles. The van der Waals surface area contributed by atoms with Gasteiger partial charge in [-0.2, -0.15) is 0 Å². The topological polar surface area (TPSA) is 34.1 Å². The van der Waals surface area contributed by atoms with Gasteiger partial charge in [0.05, 0.1) is 0 Å². The van der Waals surface area contributed by atoms with Gasteiger partial charge in [0.2, 0.25) is 0 Å². The van der Waals surface area contributed by atoms with Crippen LogP contribution in [0.1, 0.15) is 0 Å². The summed E-state index contributed by atoms with van der Waals surface area (Å²) < 4.78 is 17.0. The van der Waals surface area contributed by atoms with E-state index in [2.05, 4.69) is 0 Å². The maximum atomic E-state index is 8.50. The van der Waals surface area contributed by atoms with Gasteiger partial charge >= 0.3 is 83.9 Å². The Balaban J connectivity index is 0. The summed E-state index contributed by atoms with van der Waals surface area (Å²) in [4.78, 5) is 0. The number of hydrogen-bond acceptors (Lipinski definition) is 2. The predicted molar refractivity (Wildman–Crippen MR) is 8.52 cm³/mol. The second kappa shape index (κ2) is 8.93. The van der Waals surface area contributed by atoms with Crippen molar-refractivity contribution in [1.82, 2.24) is 0 Å². The van der Waals surface area contributed by atoms with E-state index in [9.17, 15) is 0 Å². The summed E-state index contributed by atoms with van der Waals surface area (Å²) in [5.41, 5.74) is 0.